The summed E-state index contributed by atoms with van der Waals surface area (Å²) in [6.07, 6.45) is 2.74. The van der Waals surface area contributed by atoms with Crippen LogP contribution in [-0.4, -0.2) is 30.8 Å². The molecule has 0 fully saturated rings. The fourth-order valence-corrected chi connectivity index (χ4v) is 1.16. The maximum Gasteiger partial charge on any atom is 0.335 e. The molecule has 0 aromatic carbocycles. The Hall–Kier alpha value is -1.95. The van der Waals surface area contributed by atoms with Crippen molar-refractivity contribution in [3.05, 3.63) is 35.5 Å². The van der Waals surface area contributed by atoms with Crippen LogP contribution in [0.1, 0.15) is 10.4 Å². The Morgan fingerprint density at radius 2 is 2.27 bits per heavy atom. The van der Waals surface area contributed by atoms with Crippen LogP contribution >= 0.6 is 11.6 Å². The van der Waals surface area contributed by atoms with Crippen molar-refractivity contribution < 1.29 is 9.90 Å². The van der Waals surface area contributed by atoms with E-state index in [-0.39, 0.29) is 10.8 Å². The van der Waals surface area contributed by atoms with Crippen molar-refractivity contribution >= 4 is 17.6 Å². The Morgan fingerprint density at radius 1 is 1.47 bits per heavy atom. The van der Waals surface area contributed by atoms with E-state index >= 15 is 0 Å². The number of hydrogen-bond donors (Lipinski definition) is 1. The zero-order valence-electron chi connectivity index (χ0n) is 7.33. The summed E-state index contributed by atoms with van der Waals surface area (Å²) in [5, 5.41) is 12.6. The minimum absolute atomic E-state index is 0.0810. The minimum Gasteiger partial charge on any atom is -0.478 e. The molecule has 0 atom stereocenters. The summed E-state index contributed by atoms with van der Waals surface area (Å²) in [5.41, 5.74) is 0.131. The van der Waals surface area contributed by atoms with Crippen LogP contribution in [0.5, 0.6) is 0 Å². The lowest BCUT2D eigenvalue weighted by Gasteiger charge is -1.99. The van der Waals surface area contributed by atoms with E-state index in [0.29, 0.717) is 5.82 Å². The van der Waals surface area contributed by atoms with Crippen molar-refractivity contribution in [1.29, 1.82) is 0 Å². The first kappa shape index (κ1) is 9.60. The van der Waals surface area contributed by atoms with E-state index in [9.17, 15) is 4.79 Å². The summed E-state index contributed by atoms with van der Waals surface area (Å²) in [6.45, 7) is 0. The van der Waals surface area contributed by atoms with Crippen molar-refractivity contribution in [3.8, 4) is 5.82 Å². The fourth-order valence-electron chi connectivity index (χ4n) is 1.03. The van der Waals surface area contributed by atoms with Crippen LogP contribution in [0.2, 0.25) is 5.28 Å². The maximum absolute atomic E-state index is 10.7. The lowest BCUT2D eigenvalue weighted by molar-refractivity contribution is 0.0696. The van der Waals surface area contributed by atoms with Crippen molar-refractivity contribution in [1.82, 2.24) is 19.7 Å². The van der Waals surface area contributed by atoms with Crippen LogP contribution < -0.4 is 0 Å². The average Bonchev–Trinajstić information content (AvgIpc) is 2.65. The van der Waals surface area contributed by atoms with Crippen LogP contribution in [0.25, 0.3) is 5.82 Å². The highest BCUT2D eigenvalue weighted by Gasteiger charge is 2.06. The van der Waals surface area contributed by atoms with Crippen LogP contribution in [0.3, 0.4) is 0 Å². The molecule has 15 heavy (non-hydrogen) atoms. The standard InChI is InChI=1S/C8H5ClN4O2/c9-8-11-4-13(12-8)6-3-5(7(14)15)1-2-10-6/h1-4H,(H,14,15). The lowest BCUT2D eigenvalue weighted by Crippen LogP contribution is -2.02. The minimum atomic E-state index is -1.02. The molecule has 6 nitrogen and oxygen atoms in total. The normalized spacial score (nSPS) is 10.2. The number of carboxylic acids is 1. The maximum atomic E-state index is 10.7. The molecule has 2 rings (SSSR count). The summed E-state index contributed by atoms with van der Waals surface area (Å²) in [4.78, 5) is 18.3. The van der Waals surface area contributed by atoms with Gasteiger partial charge in [-0.1, -0.05) is 0 Å². The van der Waals surface area contributed by atoms with Gasteiger partial charge in [-0.15, -0.1) is 5.10 Å². The molecular formula is C8H5ClN4O2. The number of carbonyl (C=O) groups is 1. The van der Waals surface area contributed by atoms with Gasteiger partial charge in [-0.2, -0.15) is 0 Å². The zero-order valence-corrected chi connectivity index (χ0v) is 8.09. The van der Waals surface area contributed by atoms with Crippen molar-refractivity contribution in [2.24, 2.45) is 0 Å². The van der Waals surface area contributed by atoms with Gasteiger partial charge >= 0.3 is 5.97 Å². The van der Waals surface area contributed by atoms with E-state index in [0.717, 1.165) is 0 Å². The molecule has 76 valence electrons. The summed E-state index contributed by atoms with van der Waals surface area (Å²) in [5.74, 6) is -0.667. The first-order valence-corrected chi connectivity index (χ1v) is 4.31. The first-order chi connectivity index (χ1) is 7.16. The summed E-state index contributed by atoms with van der Waals surface area (Å²) in [7, 11) is 0. The van der Waals surface area contributed by atoms with Gasteiger partial charge in [0.15, 0.2) is 5.82 Å². The molecule has 0 saturated carbocycles. The second-order valence-corrected chi connectivity index (χ2v) is 3.00. The van der Waals surface area contributed by atoms with Crippen LogP contribution in [0.4, 0.5) is 0 Å². The van der Waals surface area contributed by atoms with E-state index in [1.807, 2.05) is 0 Å². The molecule has 1 N–H and O–H groups in total. The van der Waals surface area contributed by atoms with Crippen LogP contribution in [0.15, 0.2) is 24.7 Å². The highest BCUT2D eigenvalue weighted by atomic mass is 35.5. The van der Waals surface area contributed by atoms with Crippen molar-refractivity contribution in [2.75, 3.05) is 0 Å². The zero-order chi connectivity index (χ0) is 10.8. The second-order valence-electron chi connectivity index (χ2n) is 2.67. The number of halogens is 1. The van der Waals surface area contributed by atoms with Gasteiger partial charge in [-0.3, -0.25) is 0 Å². The Labute approximate surface area is 89.2 Å². The largest absolute Gasteiger partial charge is 0.478 e. The molecular weight excluding hydrogens is 220 g/mol. The van der Waals surface area contributed by atoms with Gasteiger partial charge in [0.2, 0.25) is 5.28 Å². The van der Waals surface area contributed by atoms with Gasteiger partial charge in [0.1, 0.15) is 6.33 Å². The predicted octanol–water partition coefficient (Wildman–Crippen LogP) is 1.01. The molecule has 2 heterocycles. The summed E-state index contributed by atoms with van der Waals surface area (Å²) in [6, 6.07) is 2.78. The molecule has 0 saturated heterocycles. The smallest absolute Gasteiger partial charge is 0.335 e. The number of aromatic nitrogens is 4. The molecule has 0 radical (unpaired) electrons. The Morgan fingerprint density at radius 3 is 2.87 bits per heavy atom. The molecule has 0 unspecified atom stereocenters. The molecule has 2 aromatic heterocycles. The number of carboxylic acid groups (broad SMARTS) is 1. The van der Waals surface area contributed by atoms with E-state index in [4.69, 9.17) is 16.7 Å². The van der Waals surface area contributed by atoms with Gasteiger partial charge in [-0.05, 0) is 23.7 Å². The van der Waals surface area contributed by atoms with E-state index in [1.165, 1.54) is 29.3 Å². The first-order valence-electron chi connectivity index (χ1n) is 3.94. The molecule has 0 bridgehead atoms. The number of aromatic carboxylic acids is 1. The molecule has 0 aliphatic carbocycles. The molecule has 0 aliphatic rings. The lowest BCUT2D eigenvalue weighted by atomic mass is 10.3. The van der Waals surface area contributed by atoms with E-state index in [2.05, 4.69) is 15.1 Å². The van der Waals surface area contributed by atoms with Crippen LogP contribution in [0, 0.1) is 0 Å². The Balaban J connectivity index is 2.45. The van der Waals surface area contributed by atoms with Crippen molar-refractivity contribution in [2.45, 2.75) is 0 Å². The highest BCUT2D eigenvalue weighted by Crippen LogP contribution is 2.07. The number of hydrogen-bond acceptors (Lipinski definition) is 4. The second kappa shape index (κ2) is 3.66. The number of nitrogens with zero attached hydrogens (tertiary/aromatic N) is 4. The van der Waals surface area contributed by atoms with Gasteiger partial charge < -0.3 is 5.11 Å². The molecule has 2 aromatic rings. The third kappa shape index (κ3) is 1.94. The summed E-state index contributed by atoms with van der Waals surface area (Å²) < 4.78 is 1.30. The van der Waals surface area contributed by atoms with Gasteiger partial charge in [0.25, 0.3) is 0 Å². The number of rotatable bonds is 2. The van der Waals surface area contributed by atoms with E-state index in [1.54, 1.807) is 0 Å². The van der Waals surface area contributed by atoms with E-state index < -0.39 is 5.97 Å². The molecule has 0 aliphatic heterocycles. The third-order valence-corrected chi connectivity index (χ3v) is 1.86. The molecule has 7 heteroatoms. The topological polar surface area (TPSA) is 80.9 Å². The predicted molar refractivity (Wildman–Crippen MR) is 51.1 cm³/mol. The third-order valence-electron chi connectivity index (χ3n) is 1.69. The quantitative estimate of drug-likeness (QED) is 0.824. The number of pyridine rings is 1. The molecule has 0 amide bonds. The van der Waals surface area contributed by atoms with Crippen LogP contribution in [-0.2, 0) is 0 Å². The van der Waals surface area contributed by atoms with Gasteiger partial charge in [-0.25, -0.2) is 19.4 Å². The molecule has 0 spiro atoms. The fraction of sp³-hybridized carbons (Fsp3) is 0. The van der Waals surface area contributed by atoms with Gasteiger partial charge in [0, 0.05) is 6.20 Å². The Kier molecular flexibility index (Phi) is 2.34. The monoisotopic (exact) mass is 224 g/mol. The van der Waals surface area contributed by atoms with Gasteiger partial charge in [0.05, 0.1) is 5.56 Å². The Bertz CT molecular complexity index is 511. The summed E-state index contributed by atoms with van der Waals surface area (Å²) >= 11 is 5.53. The highest BCUT2D eigenvalue weighted by molar-refractivity contribution is 6.28. The SMILES string of the molecule is O=C(O)c1ccnc(-n2cnc(Cl)n2)c1. The van der Waals surface area contributed by atoms with Crippen molar-refractivity contribution in [3.63, 3.8) is 0 Å². The average molecular weight is 225 g/mol.